The SMILES string of the molecule is C=C(C)C(=O)OCCNC(=O)OCCCCCCCCC(CCCCCCCCC)C(CCCCCCCC)CCCCCCCCC. The van der Waals surface area contributed by atoms with E-state index >= 15 is 0 Å². The molecular weight excluding hydrogens is 594 g/mol. The van der Waals surface area contributed by atoms with Crippen molar-refractivity contribution >= 4 is 12.1 Å². The second-order valence-electron chi connectivity index (χ2n) is 14.8. The molecule has 0 aromatic carbocycles. The van der Waals surface area contributed by atoms with Gasteiger partial charge in [0, 0.05) is 5.57 Å². The first kappa shape index (κ1) is 46.5. The lowest BCUT2D eigenvalue weighted by molar-refractivity contribution is -0.138. The van der Waals surface area contributed by atoms with E-state index in [-0.39, 0.29) is 13.2 Å². The standard InChI is InChI=1S/C43H83NO4/c1-6-9-12-15-18-23-28-33-40(32-27-22-17-14-11-8-3)41(34-29-24-19-16-13-10-7-2)35-30-25-20-21-26-31-37-48-43(46)44-36-38-47-42(45)39(4)5/h40-41H,4,6-38H2,1-3,5H3,(H,44,46). The largest absolute Gasteiger partial charge is 0.460 e. The molecule has 0 aliphatic carbocycles. The van der Waals surface area contributed by atoms with Crippen LogP contribution in [-0.2, 0) is 14.3 Å². The Balaban J connectivity index is 4.59. The molecule has 284 valence electrons. The van der Waals surface area contributed by atoms with Gasteiger partial charge in [0.05, 0.1) is 13.2 Å². The Hall–Kier alpha value is -1.52. The number of hydrogen-bond acceptors (Lipinski definition) is 4. The maximum absolute atomic E-state index is 11.8. The summed E-state index contributed by atoms with van der Waals surface area (Å²) in [4.78, 5) is 23.2. The summed E-state index contributed by atoms with van der Waals surface area (Å²) in [5.41, 5.74) is 0.354. The van der Waals surface area contributed by atoms with Crippen molar-refractivity contribution in [2.24, 2.45) is 11.8 Å². The summed E-state index contributed by atoms with van der Waals surface area (Å²) < 4.78 is 10.2. The summed E-state index contributed by atoms with van der Waals surface area (Å²) in [6.45, 7) is 12.9. The van der Waals surface area contributed by atoms with Crippen LogP contribution in [0.5, 0.6) is 0 Å². The van der Waals surface area contributed by atoms with Crippen LogP contribution in [0.15, 0.2) is 12.2 Å². The maximum Gasteiger partial charge on any atom is 0.407 e. The highest BCUT2D eigenvalue weighted by atomic mass is 16.6. The van der Waals surface area contributed by atoms with Crippen LogP contribution in [0.2, 0.25) is 0 Å². The van der Waals surface area contributed by atoms with E-state index in [0.717, 1.165) is 24.7 Å². The lowest BCUT2D eigenvalue weighted by Gasteiger charge is -2.28. The second kappa shape index (κ2) is 36.8. The molecule has 0 heterocycles. The number of amides is 1. The van der Waals surface area contributed by atoms with E-state index < -0.39 is 12.1 Å². The molecule has 0 aliphatic heterocycles. The van der Waals surface area contributed by atoms with Crippen LogP contribution in [0.1, 0.15) is 220 Å². The topological polar surface area (TPSA) is 64.6 Å². The third kappa shape index (κ3) is 31.7. The lowest BCUT2D eigenvalue weighted by Crippen LogP contribution is -2.29. The molecule has 5 nitrogen and oxygen atoms in total. The predicted molar refractivity (Wildman–Crippen MR) is 208 cm³/mol. The number of esters is 1. The molecule has 1 amide bonds. The molecule has 48 heavy (non-hydrogen) atoms. The van der Waals surface area contributed by atoms with Gasteiger partial charge in [0.25, 0.3) is 0 Å². The third-order valence-corrected chi connectivity index (χ3v) is 10.1. The quantitative estimate of drug-likeness (QED) is 0.0404. The number of ether oxygens (including phenoxy) is 2. The first-order chi connectivity index (χ1) is 23.5. The summed E-state index contributed by atoms with van der Waals surface area (Å²) in [5, 5.41) is 2.63. The zero-order valence-electron chi connectivity index (χ0n) is 32.8. The number of carbonyl (C=O) groups is 2. The molecule has 0 aromatic heterocycles. The molecule has 0 rings (SSSR count). The van der Waals surface area contributed by atoms with Gasteiger partial charge in [-0.15, -0.1) is 0 Å². The van der Waals surface area contributed by atoms with E-state index in [4.69, 9.17) is 9.47 Å². The summed E-state index contributed by atoms with van der Waals surface area (Å²) in [7, 11) is 0. The minimum Gasteiger partial charge on any atom is -0.460 e. The number of alkyl carbamates (subject to hydrolysis) is 1. The molecule has 5 heteroatoms. The van der Waals surface area contributed by atoms with Crippen molar-refractivity contribution in [3.05, 3.63) is 12.2 Å². The van der Waals surface area contributed by atoms with Crippen molar-refractivity contribution in [3.8, 4) is 0 Å². The van der Waals surface area contributed by atoms with Crippen molar-refractivity contribution < 1.29 is 19.1 Å². The smallest absolute Gasteiger partial charge is 0.407 e. The molecule has 0 fully saturated rings. The fraction of sp³-hybridized carbons (Fsp3) is 0.907. The van der Waals surface area contributed by atoms with Crippen molar-refractivity contribution in [1.29, 1.82) is 0 Å². The number of carbonyl (C=O) groups excluding carboxylic acids is 2. The van der Waals surface area contributed by atoms with E-state index in [1.54, 1.807) is 6.92 Å². The summed E-state index contributed by atoms with van der Waals surface area (Å²) in [6.07, 6.45) is 40.9. The van der Waals surface area contributed by atoms with Crippen molar-refractivity contribution in [3.63, 3.8) is 0 Å². The number of rotatable bonds is 37. The lowest BCUT2D eigenvalue weighted by atomic mass is 9.78. The summed E-state index contributed by atoms with van der Waals surface area (Å²) >= 11 is 0. The molecule has 0 saturated heterocycles. The molecule has 0 aromatic rings. The second-order valence-corrected chi connectivity index (χ2v) is 14.8. The zero-order chi connectivity index (χ0) is 35.3. The number of hydrogen-bond donors (Lipinski definition) is 1. The Labute approximate surface area is 299 Å². The van der Waals surface area contributed by atoms with E-state index in [2.05, 4.69) is 32.7 Å². The minimum absolute atomic E-state index is 0.125. The van der Waals surface area contributed by atoms with Gasteiger partial charge in [0.15, 0.2) is 0 Å². The molecule has 2 atom stereocenters. The molecule has 0 bridgehead atoms. The van der Waals surface area contributed by atoms with E-state index in [0.29, 0.717) is 12.2 Å². The summed E-state index contributed by atoms with van der Waals surface area (Å²) in [6, 6.07) is 0. The van der Waals surface area contributed by atoms with Crippen LogP contribution in [0, 0.1) is 11.8 Å². The van der Waals surface area contributed by atoms with Crippen LogP contribution in [0.3, 0.4) is 0 Å². The first-order valence-electron chi connectivity index (χ1n) is 21.2. The van der Waals surface area contributed by atoms with Gasteiger partial charge in [-0.3, -0.25) is 0 Å². The van der Waals surface area contributed by atoms with Gasteiger partial charge >= 0.3 is 12.1 Å². The van der Waals surface area contributed by atoms with Gasteiger partial charge in [0.2, 0.25) is 0 Å². The van der Waals surface area contributed by atoms with Crippen molar-refractivity contribution in [2.45, 2.75) is 220 Å². The highest BCUT2D eigenvalue weighted by molar-refractivity contribution is 5.86. The van der Waals surface area contributed by atoms with Gasteiger partial charge in [-0.05, 0) is 25.2 Å². The van der Waals surface area contributed by atoms with Crippen LogP contribution >= 0.6 is 0 Å². The Kier molecular flexibility index (Phi) is 35.6. The molecule has 1 N–H and O–H groups in total. The van der Waals surface area contributed by atoms with Gasteiger partial charge < -0.3 is 14.8 Å². The van der Waals surface area contributed by atoms with Crippen LogP contribution < -0.4 is 5.32 Å². The van der Waals surface area contributed by atoms with Gasteiger partial charge in [0.1, 0.15) is 6.61 Å². The molecule has 2 unspecified atom stereocenters. The molecular formula is C43H83NO4. The van der Waals surface area contributed by atoms with Gasteiger partial charge in [-0.1, -0.05) is 214 Å². The Morgan fingerprint density at radius 3 is 1.17 bits per heavy atom. The fourth-order valence-corrected chi connectivity index (χ4v) is 7.00. The van der Waals surface area contributed by atoms with Crippen LogP contribution in [0.25, 0.3) is 0 Å². The Bertz CT molecular complexity index is 724. The average molecular weight is 678 g/mol. The highest BCUT2D eigenvalue weighted by Gasteiger charge is 2.20. The molecule has 0 spiro atoms. The third-order valence-electron chi connectivity index (χ3n) is 10.1. The highest BCUT2D eigenvalue weighted by Crippen LogP contribution is 2.34. The first-order valence-corrected chi connectivity index (χ1v) is 21.2. The normalized spacial score (nSPS) is 12.5. The molecule has 0 aliphatic rings. The molecule has 0 radical (unpaired) electrons. The Morgan fingerprint density at radius 2 is 0.812 bits per heavy atom. The number of unbranched alkanes of at least 4 members (excludes halogenated alkanes) is 22. The number of nitrogens with one attached hydrogen (secondary N) is 1. The van der Waals surface area contributed by atoms with Gasteiger partial charge in [-0.25, -0.2) is 9.59 Å². The average Bonchev–Trinajstić information content (AvgIpc) is 3.08. The van der Waals surface area contributed by atoms with Crippen molar-refractivity contribution in [2.75, 3.05) is 19.8 Å². The summed E-state index contributed by atoms with van der Waals surface area (Å²) in [5.74, 6) is 1.42. The van der Waals surface area contributed by atoms with Gasteiger partial charge in [-0.2, -0.15) is 0 Å². The van der Waals surface area contributed by atoms with Crippen LogP contribution in [0.4, 0.5) is 4.79 Å². The van der Waals surface area contributed by atoms with E-state index in [9.17, 15) is 9.59 Å². The Morgan fingerprint density at radius 1 is 0.479 bits per heavy atom. The molecule has 0 saturated carbocycles. The monoisotopic (exact) mass is 678 g/mol. The maximum atomic E-state index is 11.8. The van der Waals surface area contributed by atoms with E-state index in [1.165, 1.54) is 180 Å². The van der Waals surface area contributed by atoms with Crippen molar-refractivity contribution in [1.82, 2.24) is 5.32 Å². The van der Waals surface area contributed by atoms with Crippen LogP contribution in [-0.4, -0.2) is 31.8 Å². The predicted octanol–water partition coefficient (Wildman–Crippen LogP) is 13.8. The fourth-order valence-electron chi connectivity index (χ4n) is 7.00. The zero-order valence-corrected chi connectivity index (χ0v) is 32.8. The minimum atomic E-state index is -0.444. The van der Waals surface area contributed by atoms with E-state index in [1.807, 2.05) is 0 Å².